The van der Waals surface area contributed by atoms with Crippen molar-refractivity contribution < 1.29 is 18.1 Å². The summed E-state index contributed by atoms with van der Waals surface area (Å²) in [7, 11) is -4.15. The summed E-state index contributed by atoms with van der Waals surface area (Å²) in [6, 6.07) is 3.01. The molecule has 0 unspecified atom stereocenters. The molecular formula is C11H13ClN2O5S. The lowest BCUT2D eigenvalue weighted by Gasteiger charge is -2.10. The van der Waals surface area contributed by atoms with Gasteiger partial charge in [0, 0.05) is 12.0 Å². The van der Waals surface area contributed by atoms with Gasteiger partial charge in [-0.3, -0.25) is 14.9 Å². The number of sulfonamides is 1. The van der Waals surface area contributed by atoms with Crippen LogP contribution in [-0.4, -0.2) is 19.2 Å². The van der Waals surface area contributed by atoms with Gasteiger partial charge in [0.05, 0.1) is 9.82 Å². The number of nitrogens with zero attached hydrogens (tertiary/aromatic N) is 1. The number of benzene rings is 1. The zero-order valence-electron chi connectivity index (χ0n) is 10.8. The molecule has 1 N–H and O–H groups in total. The highest BCUT2D eigenvalue weighted by atomic mass is 35.5. The first-order valence-corrected chi connectivity index (χ1v) is 7.55. The van der Waals surface area contributed by atoms with Gasteiger partial charge in [0.1, 0.15) is 5.02 Å². The number of amides is 1. The summed E-state index contributed by atoms with van der Waals surface area (Å²) in [4.78, 5) is 21.1. The lowest BCUT2D eigenvalue weighted by Crippen LogP contribution is -2.34. The van der Waals surface area contributed by atoms with Crippen LogP contribution in [0.4, 0.5) is 5.69 Å². The Hall–Kier alpha value is -1.67. The average Bonchev–Trinajstić information content (AvgIpc) is 2.36. The summed E-state index contributed by atoms with van der Waals surface area (Å²) < 4.78 is 25.8. The molecule has 1 atom stereocenters. The zero-order valence-corrected chi connectivity index (χ0v) is 12.4. The first-order valence-electron chi connectivity index (χ1n) is 5.69. The number of carbonyl (C=O) groups excluding carboxylic acids is 1. The van der Waals surface area contributed by atoms with E-state index in [1.165, 1.54) is 0 Å². The highest BCUT2D eigenvalue weighted by Gasteiger charge is 2.24. The third-order valence-electron chi connectivity index (χ3n) is 2.72. The van der Waals surface area contributed by atoms with Crippen LogP contribution in [0.2, 0.25) is 5.02 Å². The molecule has 1 aromatic carbocycles. The van der Waals surface area contributed by atoms with Crippen LogP contribution in [0.15, 0.2) is 23.1 Å². The first kappa shape index (κ1) is 16.4. The zero-order chi connectivity index (χ0) is 15.5. The highest BCUT2D eigenvalue weighted by molar-refractivity contribution is 7.90. The Bertz CT molecular complexity index is 644. The predicted molar refractivity (Wildman–Crippen MR) is 72.9 cm³/mol. The van der Waals surface area contributed by atoms with Crippen molar-refractivity contribution in [2.24, 2.45) is 5.92 Å². The summed E-state index contributed by atoms with van der Waals surface area (Å²) in [5.41, 5.74) is -0.537. The lowest BCUT2D eigenvalue weighted by molar-refractivity contribution is -0.384. The van der Waals surface area contributed by atoms with Gasteiger partial charge in [-0.05, 0) is 18.6 Å². The van der Waals surface area contributed by atoms with Gasteiger partial charge in [-0.15, -0.1) is 0 Å². The summed E-state index contributed by atoms with van der Waals surface area (Å²) in [5.74, 6) is -1.14. The van der Waals surface area contributed by atoms with E-state index < -0.39 is 32.5 Å². The summed E-state index contributed by atoms with van der Waals surface area (Å²) >= 11 is 5.60. The molecule has 20 heavy (non-hydrogen) atoms. The van der Waals surface area contributed by atoms with Crippen molar-refractivity contribution in [1.82, 2.24) is 4.72 Å². The molecule has 1 amide bonds. The molecule has 0 aromatic heterocycles. The van der Waals surface area contributed by atoms with Gasteiger partial charge in [0.2, 0.25) is 5.91 Å². The normalized spacial score (nSPS) is 12.8. The van der Waals surface area contributed by atoms with Gasteiger partial charge in [-0.2, -0.15) is 0 Å². The standard InChI is InChI=1S/C11H13ClN2O5S/c1-3-7(2)11(15)13-20(18,19)8-4-5-9(12)10(6-8)14(16)17/h4-7H,3H2,1-2H3,(H,13,15)/t7-/m0/s1. The maximum atomic E-state index is 12.0. The van der Waals surface area contributed by atoms with Crippen LogP contribution >= 0.6 is 11.6 Å². The molecule has 0 heterocycles. The molecule has 0 radical (unpaired) electrons. The van der Waals surface area contributed by atoms with Gasteiger partial charge in [-0.1, -0.05) is 25.4 Å². The van der Waals surface area contributed by atoms with E-state index in [1.54, 1.807) is 13.8 Å². The molecule has 0 spiro atoms. The first-order chi connectivity index (χ1) is 9.19. The Labute approximate surface area is 121 Å². The number of nitro groups is 1. The molecule has 0 fully saturated rings. The van der Waals surface area contributed by atoms with Crippen LogP contribution in [0.1, 0.15) is 20.3 Å². The van der Waals surface area contributed by atoms with Gasteiger partial charge >= 0.3 is 0 Å². The minimum absolute atomic E-state index is 0.179. The second-order valence-electron chi connectivity index (χ2n) is 4.15. The number of rotatable bonds is 5. The molecule has 0 saturated heterocycles. The van der Waals surface area contributed by atoms with Crippen molar-refractivity contribution in [3.8, 4) is 0 Å². The van der Waals surface area contributed by atoms with Crippen LogP contribution in [0.25, 0.3) is 0 Å². The number of nitro benzene ring substituents is 1. The third-order valence-corrected chi connectivity index (χ3v) is 4.38. The number of hydrogen-bond donors (Lipinski definition) is 1. The van der Waals surface area contributed by atoms with Crippen LogP contribution in [0, 0.1) is 16.0 Å². The van der Waals surface area contributed by atoms with E-state index in [0.717, 1.165) is 18.2 Å². The second kappa shape index (κ2) is 6.19. The van der Waals surface area contributed by atoms with Crippen molar-refractivity contribution in [2.45, 2.75) is 25.2 Å². The Morgan fingerprint density at radius 1 is 1.50 bits per heavy atom. The van der Waals surface area contributed by atoms with Crippen LogP contribution in [-0.2, 0) is 14.8 Å². The Balaban J connectivity index is 3.14. The number of carbonyl (C=O) groups is 1. The van der Waals surface area contributed by atoms with Crippen molar-refractivity contribution in [1.29, 1.82) is 0 Å². The molecule has 1 rings (SSSR count). The van der Waals surface area contributed by atoms with E-state index in [1.807, 2.05) is 4.72 Å². The Morgan fingerprint density at radius 3 is 2.60 bits per heavy atom. The summed E-state index contributed by atoms with van der Waals surface area (Å²) in [6.07, 6.45) is 0.474. The lowest BCUT2D eigenvalue weighted by atomic mass is 10.1. The summed E-state index contributed by atoms with van der Waals surface area (Å²) in [5, 5.41) is 10.5. The predicted octanol–water partition coefficient (Wildman–Crippen LogP) is 2.10. The van der Waals surface area contributed by atoms with Crippen molar-refractivity contribution >= 4 is 33.2 Å². The molecule has 0 aliphatic rings. The minimum Gasteiger partial charge on any atom is -0.274 e. The molecule has 110 valence electrons. The number of hydrogen-bond acceptors (Lipinski definition) is 5. The van der Waals surface area contributed by atoms with Crippen LogP contribution in [0.3, 0.4) is 0 Å². The van der Waals surface area contributed by atoms with Crippen molar-refractivity contribution in [3.63, 3.8) is 0 Å². The van der Waals surface area contributed by atoms with Gasteiger partial charge < -0.3 is 0 Å². The van der Waals surface area contributed by atoms with Crippen molar-refractivity contribution in [2.75, 3.05) is 0 Å². The maximum Gasteiger partial charge on any atom is 0.289 e. The van der Waals surface area contributed by atoms with E-state index in [9.17, 15) is 23.3 Å². The van der Waals surface area contributed by atoms with E-state index in [4.69, 9.17) is 11.6 Å². The van der Waals surface area contributed by atoms with Crippen LogP contribution < -0.4 is 4.72 Å². The minimum atomic E-state index is -4.15. The topological polar surface area (TPSA) is 106 Å². The van der Waals surface area contributed by atoms with Gasteiger partial charge in [0.25, 0.3) is 15.7 Å². The Kier molecular flexibility index (Phi) is 5.07. The SMILES string of the molecule is CC[C@H](C)C(=O)NS(=O)(=O)c1ccc(Cl)c([N+](=O)[O-])c1. The van der Waals surface area contributed by atoms with E-state index >= 15 is 0 Å². The fourth-order valence-electron chi connectivity index (χ4n) is 1.28. The fraction of sp³-hybridized carbons (Fsp3) is 0.364. The van der Waals surface area contributed by atoms with Gasteiger partial charge in [-0.25, -0.2) is 13.1 Å². The van der Waals surface area contributed by atoms with E-state index in [-0.39, 0.29) is 9.92 Å². The van der Waals surface area contributed by atoms with E-state index in [0.29, 0.717) is 6.42 Å². The quantitative estimate of drug-likeness (QED) is 0.660. The second-order valence-corrected chi connectivity index (χ2v) is 6.24. The molecule has 0 bridgehead atoms. The molecule has 0 aliphatic heterocycles. The van der Waals surface area contributed by atoms with E-state index in [2.05, 4.69) is 0 Å². The fourth-order valence-corrected chi connectivity index (χ4v) is 2.56. The average molecular weight is 321 g/mol. The van der Waals surface area contributed by atoms with Crippen molar-refractivity contribution in [3.05, 3.63) is 33.3 Å². The monoisotopic (exact) mass is 320 g/mol. The molecule has 1 aromatic rings. The van der Waals surface area contributed by atoms with Gasteiger partial charge in [0.15, 0.2) is 0 Å². The molecule has 9 heteroatoms. The maximum absolute atomic E-state index is 12.0. The third kappa shape index (κ3) is 3.67. The summed E-state index contributed by atoms with van der Waals surface area (Å²) in [6.45, 7) is 3.32. The Morgan fingerprint density at radius 2 is 2.10 bits per heavy atom. The molecular weight excluding hydrogens is 308 g/mol. The van der Waals surface area contributed by atoms with Crippen LogP contribution in [0.5, 0.6) is 0 Å². The number of nitrogens with one attached hydrogen (secondary N) is 1. The number of halogens is 1. The molecule has 0 aliphatic carbocycles. The molecule has 7 nitrogen and oxygen atoms in total. The largest absolute Gasteiger partial charge is 0.289 e. The molecule has 0 saturated carbocycles. The highest BCUT2D eigenvalue weighted by Crippen LogP contribution is 2.27. The smallest absolute Gasteiger partial charge is 0.274 e.